The number of ether oxygens (including phenoxy) is 1. The first kappa shape index (κ1) is 15.3. The third kappa shape index (κ3) is 3.59. The van der Waals surface area contributed by atoms with E-state index in [4.69, 9.17) is 4.74 Å². The van der Waals surface area contributed by atoms with Crippen molar-refractivity contribution in [2.45, 2.75) is 19.4 Å². The van der Waals surface area contributed by atoms with Gasteiger partial charge in [-0.05, 0) is 36.6 Å². The maximum atomic E-state index is 12.2. The smallest absolute Gasteiger partial charge is 0.338 e. The Morgan fingerprint density at radius 3 is 2.52 bits per heavy atom. The van der Waals surface area contributed by atoms with Crippen molar-refractivity contribution in [1.82, 2.24) is 4.90 Å². The molecule has 0 radical (unpaired) electrons. The van der Waals surface area contributed by atoms with Crippen LogP contribution < -0.4 is 0 Å². The summed E-state index contributed by atoms with van der Waals surface area (Å²) in [6.07, 6.45) is 1.57. The van der Waals surface area contributed by atoms with Crippen molar-refractivity contribution in [3.05, 3.63) is 71.3 Å². The second-order valence-corrected chi connectivity index (χ2v) is 5.59. The topological polar surface area (TPSA) is 46.6 Å². The van der Waals surface area contributed by atoms with Crippen LogP contribution in [-0.4, -0.2) is 29.9 Å². The van der Waals surface area contributed by atoms with Crippen LogP contribution in [0.25, 0.3) is 0 Å². The molecule has 3 rings (SSSR count). The quantitative estimate of drug-likeness (QED) is 0.608. The lowest BCUT2D eigenvalue weighted by Crippen LogP contribution is -2.25. The number of fused-ring (bicyclic) bond motifs is 1. The number of hydrogen-bond acceptors (Lipinski definition) is 3. The Hall–Kier alpha value is -2.62. The molecule has 0 unspecified atom stereocenters. The summed E-state index contributed by atoms with van der Waals surface area (Å²) in [4.78, 5) is 25.8. The highest BCUT2D eigenvalue weighted by Crippen LogP contribution is 2.22. The lowest BCUT2D eigenvalue weighted by Gasteiger charge is -2.15. The Labute approximate surface area is 135 Å². The molecule has 0 saturated heterocycles. The zero-order valence-electron chi connectivity index (χ0n) is 12.9. The van der Waals surface area contributed by atoms with Gasteiger partial charge in [0, 0.05) is 18.7 Å². The van der Waals surface area contributed by atoms with Crippen LogP contribution in [0, 0.1) is 0 Å². The summed E-state index contributed by atoms with van der Waals surface area (Å²) in [5, 5.41) is 0. The molecular weight excluding hydrogens is 290 g/mol. The Bertz CT molecular complexity index is 697. The van der Waals surface area contributed by atoms with Crippen LogP contribution in [0.1, 0.15) is 39.1 Å². The predicted octanol–water partition coefficient (Wildman–Crippen LogP) is 3.28. The molecule has 0 N–H and O–H groups in total. The van der Waals surface area contributed by atoms with Gasteiger partial charge < -0.3 is 9.64 Å². The number of esters is 1. The average Bonchev–Trinajstić information content (AvgIpc) is 2.92. The molecule has 0 aromatic heterocycles. The van der Waals surface area contributed by atoms with E-state index in [0.717, 1.165) is 24.0 Å². The number of unbranched alkanes of at least 4 members (excludes halogenated alkanes) is 1. The molecule has 0 saturated carbocycles. The summed E-state index contributed by atoms with van der Waals surface area (Å²) in [5.41, 5.74) is 2.47. The third-order valence-corrected chi connectivity index (χ3v) is 3.96. The number of carbonyl (C=O) groups excluding carboxylic acids is 2. The molecule has 0 fully saturated rings. The van der Waals surface area contributed by atoms with Gasteiger partial charge in [0.2, 0.25) is 0 Å². The lowest BCUT2D eigenvalue weighted by atomic mass is 10.1. The van der Waals surface area contributed by atoms with Crippen LogP contribution in [-0.2, 0) is 11.3 Å². The van der Waals surface area contributed by atoms with E-state index < -0.39 is 0 Å². The van der Waals surface area contributed by atoms with Gasteiger partial charge in [-0.25, -0.2) is 4.79 Å². The molecule has 4 nitrogen and oxygen atoms in total. The molecule has 1 heterocycles. The normalized spacial score (nSPS) is 13.0. The van der Waals surface area contributed by atoms with Crippen molar-refractivity contribution >= 4 is 11.9 Å². The maximum Gasteiger partial charge on any atom is 0.338 e. The van der Waals surface area contributed by atoms with Crippen LogP contribution in [0.4, 0.5) is 0 Å². The van der Waals surface area contributed by atoms with Gasteiger partial charge >= 0.3 is 5.97 Å². The minimum atomic E-state index is -0.296. The largest absolute Gasteiger partial charge is 0.462 e. The van der Waals surface area contributed by atoms with Gasteiger partial charge in [0.05, 0.1) is 12.2 Å². The lowest BCUT2D eigenvalue weighted by molar-refractivity contribution is 0.0491. The van der Waals surface area contributed by atoms with E-state index in [9.17, 15) is 9.59 Å². The molecular formula is C19H19NO3. The van der Waals surface area contributed by atoms with Gasteiger partial charge in [-0.3, -0.25) is 4.79 Å². The molecule has 23 heavy (non-hydrogen) atoms. The van der Waals surface area contributed by atoms with Crippen LogP contribution in [0.2, 0.25) is 0 Å². The molecule has 0 bridgehead atoms. The van der Waals surface area contributed by atoms with Crippen LogP contribution >= 0.6 is 0 Å². The van der Waals surface area contributed by atoms with E-state index in [2.05, 4.69) is 0 Å². The van der Waals surface area contributed by atoms with Crippen molar-refractivity contribution in [3.8, 4) is 0 Å². The Balaban J connectivity index is 1.38. The van der Waals surface area contributed by atoms with Crippen molar-refractivity contribution < 1.29 is 14.3 Å². The van der Waals surface area contributed by atoms with Gasteiger partial charge in [-0.1, -0.05) is 36.4 Å². The van der Waals surface area contributed by atoms with Gasteiger partial charge in [-0.2, -0.15) is 0 Å². The fraction of sp³-hybridized carbons (Fsp3) is 0.263. The fourth-order valence-corrected chi connectivity index (χ4v) is 2.72. The van der Waals surface area contributed by atoms with Crippen LogP contribution in [0.15, 0.2) is 54.6 Å². The number of hydrogen-bond donors (Lipinski definition) is 0. The molecule has 0 atom stereocenters. The number of amides is 1. The number of benzene rings is 2. The second-order valence-electron chi connectivity index (χ2n) is 5.59. The van der Waals surface area contributed by atoms with Crippen LogP contribution in [0.5, 0.6) is 0 Å². The zero-order valence-corrected chi connectivity index (χ0v) is 12.9. The van der Waals surface area contributed by atoms with E-state index in [1.807, 2.05) is 47.4 Å². The molecule has 118 valence electrons. The Morgan fingerprint density at radius 2 is 1.74 bits per heavy atom. The molecule has 1 amide bonds. The molecule has 0 aliphatic carbocycles. The van der Waals surface area contributed by atoms with Gasteiger partial charge in [0.25, 0.3) is 5.91 Å². The molecule has 2 aromatic carbocycles. The highest BCUT2D eigenvalue weighted by Gasteiger charge is 2.25. The van der Waals surface area contributed by atoms with E-state index in [1.165, 1.54) is 0 Å². The average molecular weight is 309 g/mol. The van der Waals surface area contributed by atoms with E-state index in [0.29, 0.717) is 25.3 Å². The van der Waals surface area contributed by atoms with Gasteiger partial charge in [-0.15, -0.1) is 0 Å². The highest BCUT2D eigenvalue weighted by atomic mass is 16.5. The standard InChI is InChI=1S/C19H19NO3/c21-18-17-11-5-4-10-16(17)14-20(18)12-6-7-13-23-19(22)15-8-2-1-3-9-15/h1-5,8-11H,6-7,12-14H2. The molecule has 1 aliphatic heterocycles. The zero-order chi connectivity index (χ0) is 16.1. The molecule has 0 spiro atoms. The number of rotatable bonds is 6. The SMILES string of the molecule is O=C(OCCCCN1Cc2ccccc2C1=O)c1ccccc1. The van der Waals surface area contributed by atoms with E-state index in [-0.39, 0.29) is 11.9 Å². The number of nitrogens with zero attached hydrogens (tertiary/aromatic N) is 1. The molecule has 2 aromatic rings. The Kier molecular flexibility index (Phi) is 4.71. The third-order valence-electron chi connectivity index (χ3n) is 3.96. The van der Waals surface area contributed by atoms with Crippen molar-refractivity contribution in [3.63, 3.8) is 0 Å². The predicted molar refractivity (Wildman–Crippen MR) is 87.1 cm³/mol. The Morgan fingerprint density at radius 1 is 1.00 bits per heavy atom. The minimum Gasteiger partial charge on any atom is -0.462 e. The molecule has 1 aliphatic rings. The molecule has 4 heteroatoms. The first-order valence-corrected chi connectivity index (χ1v) is 7.85. The van der Waals surface area contributed by atoms with E-state index >= 15 is 0 Å². The van der Waals surface area contributed by atoms with Crippen molar-refractivity contribution in [2.24, 2.45) is 0 Å². The van der Waals surface area contributed by atoms with Crippen LogP contribution in [0.3, 0.4) is 0 Å². The van der Waals surface area contributed by atoms with Gasteiger partial charge in [0.15, 0.2) is 0 Å². The van der Waals surface area contributed by atoms with Gasteiger partial charge in [0.1, 0.15) is 0 Å². The fourth-order valence-electron chi connectivity index (χ4n) is 2.72. The highest BCUT2D eigenvalue weighted by molar-refractivity contribution is 5.98. The summed E-state index contributed by atoms with van der Waals surface area (Å²) in [6.45, 7) is 1.75. The second kappa shape index (κ2) is 7.09. The monoisotopic (exact) mass is 309 g/mol. The summed E-state index contributed by atoms with van der Waals surface area (Å²) < 4.78 is 5.24. The summed E-state index contributed by atoms with van der Waals surface area (Å²) in [6, 6.07) is 16.7. The summed E-state index contributed by atoms with van der Waals surface area (Å²) >= 11 is 0. The summed E-state index contributed by atoms with van der Waals surface area (Å²) in [7, 11) is 0. The number of carbonyl (C=O) groups is 2. The van der Waals surface area contributed by atoms with Crippen molar-refractivity contribution in [2.75, 3.05) is 13.2 Å². The van der Waals surface area contributed by atoms with E-state index in [1.54, 1.807) is 12.1 Å². The minimum absolute atomic E-state index is 0.0990. The summed E-state index contributed by atoms with van der Waals surface area (Å²) in [5.74, 6) is -0.197. The first-order chi connectivity index (χ1) is 11.3. The first-order valence-electron chi connectivity index (χ1n) is 7.85. The maximum absolute atomic E-state index is 12.2. The van der Waals surface area contributed by atoms with Crippen molar-refractivity contribution in [1.29, 1.82) is 0 Å².